The molecule has 0 bridgehead atoms. The van der Waals surface area contributed by atoms with Gasteiger partial charge in [-0.3, -0.25) is 4.99 Å². The smallest absolute Gasteiger partial charge is 0.161 e. The SMILES string of the molecule is C=N/C(=N\C(=N/Cc1ccccc1)c1ccccc1)c1cccc(-c2cccc3c2c2ccccc2n3-c2ccc(-c3cccc(N(C)c4ccccc4)c3-c3ccccc3)cc2)c1. The summed E-state index contributed by atoms with van der Waals surface area (Å²) in [6.45, 7) is 4.46. The molecule has 0 aliphatic carbocycles. The highest BCUT2D eigenvalue weighted by Crippen LogP contribution is 2.43. The number of anilines is 2. The molecule has 0 unspecified atom stereocenters. The Hall–Kier alpha value is -8.41. The van der Waals surface area contributed by atoms with Crippen molar-refractivity contribution in [3.05, 3.63) is 247 Å². The maximum absolute atomic E-state index is 5.05. The summed E-state index contributed by atoms with van der Waals surface area (Å²) in [7, 11) is 2.14. The molecule has 306 valence electrons. The van der Waals surface area contributed by atoms with E-state index in [1.165, 1.54) is 27.5 Å². The number of hydrogen-bond donors (Lipinski definition) is 0. The Bertz CT molecular complexity index is 3300. The summed E-state index contributed by atoms with van der Waals surface area (Å²) >= 11 is 0. The average Bonchev–Trinajstić information content (AvgIpc) is 3.72. The predicted octanol–water partition coefficient (Wildman–Crippen LogP) is 14.6. The van der Waals surface area contributed by atoms with Crippen LogP contribution in [0.1, 0.15) is 16.7 Å². The highest BCUT2D eigenvalue weighted by molar-refractivity contribution is 6.17. The molecule has 10 aromatic rings. The van der Waals surface area contributed by atoms with Gasteiger partial charge in [-0.05, 0) is 88.6 Å². The minimum Gasteiger partial charge on any atom is -0.344 e. The molecule has 5 heteroatoms. The van der Waals surface area contributed by atoms with Crippen molar-refractivity contribution in [3.63, 3.8) is 0 Å². The lowest BCUT2D eigenvalue weighted by atomic mass is 9.92. The van der Waals surface area contributed by atoms with Gasteiger partial charge in [-0.1, -0.05) is 182 Å². The zero-order valence-electron chi connectivity index (χ0n) is 35.6. The van der Waals surface area contributed by atoms with E-state index < -0.39 is 0 Å². The number of benzene rings is 9. The van der Waals surface area contributed by atoms with Crippen LogP contribution < -0.4 is 4.90 Å². The molecule has 5 nitrogen and oxygen atoms in total. The lowest BCUT2D eigenvalue weighted by molar-refractivity contribution is 1.06. The maximum Gasteiger partial charge on any atom is 0.161 e. The molecular formula is C59H45N5. The number of rotatable bonds is 10. The first-order chi connectivity index (χ1) is 31.6. The van der Waals surface area contributed by atoms with E-state index in [1.807, 2.05) is 54.6 Å². The molecule has 0 radical (unpaired) electrons. The zero-order valence-corrected chi connectivity index (χ0v) is 35.6. The second kappa shape index (κ2) is 17.9. The molecule has 0 atom stereocenters. The van der Waals surface area contributed by atoms with E-state index in [0.717, 1.165) is 61.5 Å². The van der Waals surface area contributed by atoms with Gasteiger partial charge in [0.1, 0.15) is 0 Å². The molecule has 1 aromatic heterocycles. The monoisotopic (exact) mass is 823 g/mol. The predicted molar refractivity (Wildman–Crippen MR) is 271 cm³/mol. The maximum atomic E-state index is 5.05. The Morgan fingerprint density at radius 2 is 1.09 bits per heavy atom. The Morgan fingerprint density at radius 1 is 0.500 bits per heavy atom. The van der Waals surface area contributed by atoms with Crippen molar-refractivity contribution in [2.45, 2.75) is 6.54 Å². The van der Waals surface area contributed by atoms with E-state index in [4.69, 9.17) is 9.98 Å². The number of aliphatic imine (C=N–C) groups is 3. The first-order valence-corrected chi connectivity index (χ1v) is 21.5. The molecule has 10 rings (SSSR count). The van der Waals surface area contributed by atoms with Gasteiger partial charge in [-0.2, -0.15) is 0 Å². The van der Waals surface area contributed by atoms with Crippen molar-refractivity contribution in [2.75, 3.05) is 11.9 Å². The molecule has 0 saturated carbocycles. The van der Waals surface area contributed by atoms with E-state index in [2.05, 4.69) is 204 Å². The summed E-state index contributed by atoms with van der Waals surface area (Å²) < 4.78 is 2.38. The molecule has 0 saturated heterocycles. The van der Waals surface area contributed by atoms with E-state index >= 15 is 0 Å². The van der Waals surface area contributed by atoms with E-state index in [1.54, 1.807) is 0 Å². The van der Waals surface area contributed by atoms with Gasteiger partial charge >= 0.3 is 0 Å². The molecule has 0 N–H and O–H groups in total. The number of amidine groups is 2. The lowest BCUT2D eigenvalue weighted by Gasteiger charge is -2.25. The Balaban J connectivity index is 1.05. The number of aromatic nitrogens is 1. The third kappa shape index (κ3) is 7.83. The van der Waals surface area contributed by atoms with Crippen LogP contribution in [0.5, 0.6) is 0 Å². The fourth-order valence-corrected chi connectivity index (χ4v) is 8.73. The number of para-hydroxylation sites is 2. The summed E-state index contributed by atoms with van der Waals surface area (Å²) in [4.78, 5) is 16.7. The van der Waals surface area contributed by atoms with E-state index in [0.29, 0.717) is 18.2 Å². The van der Waals surface area contributed by atoms with Gasteiger partial charge in [0.15, 0.2) is 11.7 Å². The molecule has 0 fully saturated rings. The fourth-order valence-electron chi connectivity index (χ4n) is 8.73. The summed E-state index contributed by atoms with van der Waals surface area (Å²) in [5.74, 6) is 1.12. The number of fused-ring (bicyclic) bond motifs is 3. The molecule has 0 amide bonds. The highest BCUT2D eigenvalue weighted by Gasteiger charge is 2.19. The summed E-state index contributed by atoms with van der Waals surface area (Å²) in [5, 5.41) is 2.36. The van der Waals surface area contributed by atoms with Gasteiger partial charge in [0.05, 0.1) is 17.6 Å². The molecule has 0 aliphatic heterocycles. The molecule has 64 heavy (non-hydrogen) atoms. The largest absolute Gasteiger partial charge is 0.344 e. The summed E-state index contributed by atoms with van der Waals surface area (Å²) in [6, 6.07) is 80.9. The van der Waals surface area contributed by atoms with Gasteiger partial charge in [0.25, 0.3) is 0 Å². The van der Waals surface area contributed by atoms with Crippen LogP contribution >= 0.6 is 0 Å². The molecule has 9 aromatic carbocycles. The molecule has 0 spiro atoms. The third-order valence-electron chi connectivity index (χ3n) is 11.8. The van der Waals surface area contributed by atoms with E-state index in [9.17, 15) is 0 Å². The summed E-state index contributed by atoms with van der Waals surface area (Å²) in [5.41, 5.74) is 15.4. The third-order valence-corrected chi connectivity index (χ3v) is 11.8. The van der Waals surface area contributed by atoms with Crippen LogP contribution in [0.3, 0.4) is 0 Å². The second-order valence-corrected chi connectivity index (χ2v) is 15.7. The van der Waals surface area contributed by atoms with Gasteiger partial charge in [0, 0.05) is 51.6 Å². The van der Waals surface area contributed by atoms with Crippen LogP contribution in [0, 0.1) is 0 Å². The standard InChI is InChI=1S/C59H45N5/c1-60-58(62-59(45-24-11-5-12-25-45)61-41-42-20-7-3-8-21-42)47-27-17-26-46(40-47)51-32-19-35-55-57(51)52-30-15-16-33-53(52)64(55)49-38-36-43(37-39-49)50-31-18-34-54(56(50)44-22-9-4-10-23-44)63(2)48-28-13-6-14-29-48/h3-40H,1,41H2,2H3/b61-59-,62-58-. The van der Waals surface area contributed by atoms with Gasteiger partial charge in [0.2, 0.25) is 0 Å². The number of hydrogen-bond acceptors (Lipinski definition) is 2. The normalized spacial score (nSPS) is 11.8. The molecule has 0 aliphatic rings. The van der Waals surface area contributed by atoms with Crippen molar-refractivity contribution in [1.29, 1.82) is 0 Å². The summed E-state index contributed by atoms with van der Waals surface area (Å²) in [6.07, 6.45) is 0. The minimum absolute atomic E-state index is 0.502. The van der Waals surface area contributed by atoms with Crippen molar-refractivity contribution >= 4 is 51.6 Å². The van der Waals surface area contributed by atoms with Crippen LogP contribution in [0.4, 0.5) is 11.4 Å². The fraction of sp³-hybridized carbons (Fsp3) is 0.0339. The molecule has 1 heterocycles. The lowest BCUT2D eigenvalue weighted by Crippen LogP contribution is -2.11. The number of nitrogens with zero attached hydrogens (tertiary/aromatic N) is 5. The van der Waals surface area contributed by atoms with Crippen molar-refractivity contribution in [3.8, 4) is 39.1 Å². The van der Waals surface area contributed by atoms with Gasteiger partial charge in [-0.25, -0.2) is 9.98 Å². The van der Waals surface area contributed by atoms with Gasteiger partial charge < -0.3 is 9.47 Å². The van der Waals surface area contributed by atoms with Crippen LogP contribution in [-0.4, -0.2) is 30.0 Å². The van der Waals surface area contributed by atoms with Gasteiger partial charge in [-0.15, -0.1) is 0 Å². The minimum atomic E-state index is 0.502. The van der Waals surface area contributed by atoms with Crippen LogP contribution in [0.15, 0.2) is 245 Å². The van der Waals surface area contributed by atoms with Crippen molar-refractivity contribution in [2.24, 2.45) is 15.0 Å². The van der Waals surface area contributed by atoms with Crippen LogP contribution in [0.2, 0.25) is 0 Å². The zero-order chi connectivity index (χ0) is 43.2. The Kier molecular flexibility index (Phi) is 11.1. The average molecular weight is 824 g/mol. The van der Waals surface area contributed by atoms with Crippen LogP contribution in [0.25, 0.3) is 60.9 Å². The van der Waals surface area contributed by atoms with Crippen molar-refractivity contribution in [1.82, 2.24) is 4.57 Å². The Labute approximate surface area is 374 Å². The van der Waals surface area contributed by atoms with E-state index in [-0.39, 0.29) is 0 Å². The Morgan fingerprint density at radius 3 is 1.84 bits per heavy atom. The topological polar surface area (TPSA) is 45.2 Å². The molecular weight excluding hydrogens is 779 g/mol. The quantitative estimate of drug-likeness (QED) is 0.100. The van der Waals surface area contributed by atoms with Crippen LogP contribution in [-0.2, 0) is 6.54 Å². The van der Waals surface area contributed by atoms with Crippen molar-refractivity contribution < 1.29 is 0 Å². The second-order valence-electron chi connectivity index (χ2n) is 15.7. The first-order valence-electron chi connectivity index (χ1n) is 21.5. The first kappa shape index (κ1) is 39.7. The highest BCUT2D eigenvalue weighted by atomic mass is 15.1.